The van der Waals surface area contributed by atoms with Crippen molar-refractivity contribution in [2.45, 2.75) is 36.2 Å². The third-order valence-electron chi connectivity index (χ3n) is 3.95. The summed E-state index contributed by atoms with van der Waals surface area (Å²) in [6.07, 6.45) is 6.38. The number of hydrogen-bond donors (Lipinski definition) is 0. The Morgan fingerprint density at radius 3 is 2.80 bits per heavy atom. The molecule has 1 aromatic rings. The molecule has 0 aromatic heterocycles. The Kier molecular flexibility index (Phi) is 3.30. The molecule has 6 heteroatoms. The summed E-state index contributed by atoms with van der Waals surface area (Å²) in [5.41, 5.74) is 0. The van der Waals surface area contributed by atoms with Gasteiger partial charge in [0.05, 0.1) is 12.0 Å². The van der Waals surface area contributed by atoms with Crippen molar-refractivity contribution in [1.82, 2.24) is 4.31 Å². The summed E-state index contributed by atoms with van der Waals surface area (Å²) in [5, 5.41) is 0. The molecule has 0 saturated carbocycles. The number of rotatable bonds is 3. The second kappa shape index (κ2) is 4.86. The molecule has 0 unspecified atom stereocenters. The Labute approximate surface area is 117 Å². The second-order valence-electron chi connectivity index (χ2n) is 5.09. The smallest absolute Gasteiger partial charge is 0.243 e. The lowest BCUT2D eigenvalue weighted by atomic mass is 10.2. The molecule has 1 saturated heterocycles. The van der Waals surface area contributed by atoms with Crippen molar-refractivity contribution in [2.75, 3.05) is 7.11 Å². The lowest BCUT2D eigenvalue weighted by Crippen LogP contribution is -2.41. The minimum Gasteiger partial charge on any atom is -0.494 e. The molecule has 1 aromatic carbocycles. The lowest BCUT2D eigenvalue weighted by Gasteiger charge is -2.30. The fraction of sp³-hybridized carbons (Fsp3) is 0.429. The van der Waals surface area contributed by atoms with Gasteiger partial charge in [0, 0.05) is 12.1 Å². The van der Waals surface area contributed by atoms with Crippen LogP contribution in [-0.2, 0) is 10.0 Å². The van der Waals surface area contributed by atoms with E-state index in [1.807, 2.05) is 12.2 Å². The van der Waals surface area contributed by atoms with E-state index < -0.39 is 15.8 Å². The van der Waals surface area contributed by atoms with Gasteiger partial charge >= 0.3 is 0 Å². The lowest BCUT2D eigenvalue weighted by molar-refractivity contribution is 0.340. The maximum absolute atomic E-state index is 13.7. The monoisotopic (exact) mass is 297 g/mol. The molecular formula is C14H16FNO3S. The molecular weight excluding hydrogens is 281 g/mol. The highest BCUT2D eigenvalue weighted by atomic mass is 32.2. The van der Waals surface area contributed by atoms with Crippen LogP contribution in [0.5, 0.6) is 5.75 Å². The largest absolute Gasteiger partial charge is 0.494 e. The first-order chi connectivity index (χ1) is 9.54. The number of ether oxygens (including phenoxy) is 1. The Morgan fingerprint density at radius 2 is 2.15 bits per heavy atom. The van der Waals surface area contributed by atoms with Gasteiger partial charge in [0.1, 0.15) is 0 Å². The number of halogens is 1. The van der Waals surface area contributed by atoms with Crippen molar-refractivity contribution < 1.29 is 17.5 Å². The molecule has 0 radical (unpaired) electrons. The van der Waals surface area contributed by atoms with Crippen molar-refractivity contribution in [3.63, 3.8) is 0 Å². The van der Waals surface area contributed by atoms with Crippen LogP contribution in [0.3, 0.4) is 0 Å². The topological polar surface area (TPSA) is 46.6 Å². The summed E-state index contributed by atoms with van der Waals surface area (Å²) >= 11 is 0. The number of benzene rings is 1. The molecule has 1 fully saturated rings. The number of fused-ring (bicyclic) bond motifs is 2. The highest BCUT2D eigenvalue weighted by molar-refractivity contribution is 7.89. The van der Waals surface area contributed by atoms with Gasteiger partial charge in [-0.15, -0.1) is 0 Å². The van der Waals surface area contributed by atoms with Crippen LogP contribution in [0.25, 0.3) is 0 Å². The van der Waals surface area contributed by atoms with E-state index in [4.69, 9.17) is 4.74 Å². The molecule has 3 rings (SSSR count). The van der Waals surface area contributed by atoms with Crippen LogP contribution in [0.4, 0.5) is 4.39 Å². The van der Waals surface area contributed by atoms with Gasteiger partial charge in [-0.2, -0.15) is 4.31 Å². The molecule has 108 valence electrons. The van der Waals surface area contributed by atoms with E-state index >= 15 is 0 Å². The first kappa shape index (κ1) is 13.6. The van der Waals surface area contributed by atoms with Crippen LogP contribution >= 0.6 is 0 Å². The molecule has 0 spiro atoms. The third kappa shape index (κ3) is 2.03. The van der Waals surface area contributed by atoms with Gasteiger partial charge in [0.15, 0.2) is 11.6 Å². The highest BCUT2D eigenvalue weighted by Gasteiger charge is 2.42. The molecule has 0 aliphatic carbocycles. The van der Waals surface area contributed by atoms with Crippen molar-refractivity contribution >= 4 is 10.0 Å². The van der Waals surface area contributed by atoms with E-state index in [0.29, 0.717) is 0 Å². The Bertz CT molecular complexity index is 656. The molecule has 2 aliphatic heterocycles. The van der Waals surface area contributed by atoms with Gasteiger partial charge in [-0.05, 0) is 37.5 Å². The molecule has 2 atom stereocenters. The van der Waals surface area contributed by atoms with Gasteiger partial charge in [-0.3, -0.25) is 0 Å². The van der Waals surface area contributed by atoms with Gasteiger partial charge < -0.3 is 4.74 Å². The van der Waals surface area contributed by atoms with Gasteiger partial charge in [0.25, 0.3) is 0 Å². The summed E-state index contributed by atoms with van der Waals surface area (Å²) in [6.45, 7) is 0. The molecule has 0 amide bonds. The van der Waals surface area contributed by atoms with Crippen LogP contribution in [0, 0.1) is 5.82 Å². The normalized spacial score (nSPS) is 25.9. The van der Waals surface area contributed by atoms with E-state index in [1.54, 1.807) is 0 Å². The zero-order chi connectivity index (χ0) is 14.3. The quantitative estimate of drug-likeness (QED) is 0.804. The van der Waals surface area contributed by atoms with E-state index in [-0.39, 0.29) is 22.7 Å². The average Bonchev–Trinajstić information content (AvgIpc) is 2.70. The zero-order valence-corrected chi connectivity index (χ0v) is 11.9. The first-order valence-corrected chi connectivity index (χ1v) is 8.02. The summed E-state index contributed by atoms with van der Waals surface area (Å²) in [4.78, 5) is -0.0111. The summed E-state index contributed by atoms with van der Waals surface area (Å²) in [6, 6.07) is 3.69. The predicted octanol–water partition coefficient (Wildman–Crippen LogP) is 2.32. The van der Waals surface area contributed by atoms with Gasteiger partial charge in [-0.25, -0.2) is 12.8 Å². The van der Waals surface area contributed by atoms with Crippen molar-refractivity contribution in [3.05, 3.63) is 36.2 Å². The van der Waals surface area contributed by atoms with Crippen molar-refractivity contribution in [3.8, 4) is 5.75 Å². The highest BCUT2D eigenvalue weighted by Crippen LogP contribution is 2.36. The SMILES string of the molecule is COc1ccc(S(=O)(=O)N2[C@H]3CC=C[C@H]2CC3)cc1F. The Morgan fingerprint density at radius 1 is 1.35 bits per heavy atom. The van der Waals surface area contributed by atoms with E-state index in [2.05, 4.69) is 0 Å². The molecule has 2 aliphatic rings. The predicted molar refractivity (Wildman–Crippen MR) is 72.5 cm³/mol. The van der Waals surface area contributed by atoms with Gasteiger partial charge in [0.2, 0.25) is 10.0 Å². The minimum absolute atomic E-state index is 0.000151. The standard InChI is InChI=1S/C14H16FNO3S/c1-19-14-8-7-12(9-13(14)15)20(17,18)16-10-3-2-4-11(16)6-5-10/h2-3,7-11H,4-6H2,1H3/t10-,11-/m0/s1. The fourth-order valence-electron chi connectivity index (χ4n) is 2.99. The number of sulfonamides is 1. The molecule has 20 heavy (non-hydrogen) atoms. The number of hydrogen-bond acceptors (Lipinski definition) is 3. The molecule has 0 N–H and O–H groups in total. The zero-order valence-electron chi connectivity index (χ0n) is 11.1. The van der Waals surface area contributed by atoms with Crippen LogP contribution in [0.15, 0.2) is 35.2 Å². The van der Waals surface area contributed by atoms with Crippen LogP contribution < -0.4 is 4.74 Å². The van der Waals surface area contributed by atoms with E-state index in [1.165, 1.54) is 23.5 Å². The van der Waals surface area contributed by atoms with E-state index in [0.717, 1.165) is 25.3 Å². The number of methoxy groups -OCH3 is 1. The molecule has 2 heterocycles. The van der Waals surface area contributed by atoms with Crippen molar-refractivity contribution in [2.24, 2.45) is 0 Å². The maximum Gasteiger partial charge on any atom is 0.243 e. The molecule has 2 bridgehead atoms. The maximum atomic E-state index is 13.7. The van der Waals surface area contributed by atoms with Crippen LogP contribution in [-0.4, -0.2) is 31.9 Å². The minimum atomic E-state index is -3.66. The summed E-state index contributed by atoms with van der Waals surface area (Å²) < 4.78 is 45.4. The first-order valence-electron chi connectivity index (χ1n) is 6.58. The van der Waals surface area contributed by atoms with E-state index in [9.17, 15) is 12.8 Å². The van der Waals surface area contributed by atoms with Crippen molar-refractivity contribution in [1.29, 1.82) is 0 Å². The molecule has 4 nitrogen and oxygen atoms in total. The summed E-state index contributed by atoms with van der Waals surface area (Å²) in [7, 11) is -2.31. The number of nitrogens with zero attached hydrogens (tertiary/aromatic N) is 1. The average molecular weight is 297 g/mol. The third-order valence-corrected chi connectivity index (χ3v) is 5.92. The summed E-state index contributed by atoms with van der Waals surface area (Å²) in [5.74, 6) is -0.612. The Hall–Kier alpha value is -1.40. The van der Waals surface area contributed by atoms with Crippen LogP contribution in [0.2, 0.25) is 0 Å². The fourth-order valence-corrected chi connectivity index (χ4v) is 4.84. The Balaban J connectivity index is 2.00. The second-order valence-corrected chi connectivity index (χ2v) is 6.94. The van der Waals surface area contributed by atoms with Crippen LogP contribution in [0.1, 0.15) is 19.3 Å². The van der Waals surface area contributed by atoms with Gasteiger partial charge in [-0.1, -0.05) is 12.2 Å².